The summed E-state index contributed by atoms with van der Waals surface area (Å²) in [5, 5.41) is 9.97. The highest BCUT2D eigenvalue weighted by molar-refractivity contribution is 5.88. The molecule has 1 fully saturated rings. The van der Waals surface area contributed by atoms with E-state index in [1.807, 2.05) is 20.0 Å². The summed E-state index contributed by atoms with van der Waals surface area (Å²) in [6.45, 7) is 6.10. The van der Waals surface area contributed by atoms with E-state index >= 15 is 0 Å². The second-order valence-corrected chi connectivity index (χ2v) is 4.97. The number of carbonyl (C=O) groups is 1. The number of hydrogen-bond acceptors (Lipinski definition) is 2. The maximum atomic E-state index is 11.6. The smallest absolute Gasteiger partial charge is 0.320 e. The van der Waals surface area contributed by atoms with E-state index in [1.54, 1.807) is 4.68 Å². The van der Waals surface area contributed by atoms with Gasteiger partial charge in [-0.25, -0.2) is 4.79 Å². The summed E-state index contributed by atoms with van der Waals surface area (Å²) in [4.78, 5) is 11.6. The first-order valence-electron chi connectivity index (χ1n) is 6.29. The minimum atomic E-state index is -0.221. The number of aryl methyl sites for hydroxylation is 1. The van der Waals surface area contributed by atoms with Crippen LogP contribution < -0.4 is 10.6 Å². The fourth-order valence-electron chi connectivity index (χ4n) is 1.90. The van der Waals surface area contributed by atoms with Gasteiger partial charge in [0.15, 0.2) is 0 Å². The van der Waals surface area contributed by atoms with E-state index in [-0.39, 0.29) is 6.03 Å². The molecule has 0 aromatic carbocycles. The van der Waals surface area contributed by atoms with Gasteiger partial charge in [0.05, 0.1) is 5.69 Å². The molecule has 2 rings (SSSR count). The Kier molecular flexibility index (Phi) is 3.69. The molecule has 0 spiro atoms. The van der Waals surface area contributed by atoms with Gasteiger partial charge in [-0.1, -0.05) is 18.6 Å². The highest BCUT2D eigenvalue weighted by Gasteiger charge is 2.23. The van der Waals surface area contributed by atoms with Gasteiger partial charge in [-0.2, -0.15) is 5.10 Å². The molecule has 0 atom stereocenters. The molecule has 1 aromatic rings. The van der Waals surface area contributed by atoms with Gasteiger partial charge in [0.2, 0.25) is 0 Å². The summed E-state index contributed by atoms with van der Waals surface area (Å²) < 4.78 is 1.72. The quantitative estimate of drug-likeness (QED) is 0.804. The van der Waals surface area contributed by atoms with Crippen molar-refractivity contribution in [2.75, 3.05) is 11.9 Å². The van der Waals surface area contributed by atoms with Crippen molar-refractivity contribution >= 4 is 11.8 Å². The SMILES string of the molecule is C=C(C)CNC(=O)Nc1cc(C2CCC2)nn1C. The van der Waals surface area contributed by atoms with Gasteiger partial charge in [-0.3, -0.25) is 10.00 Å². The molecule has 0 radical (unpaired) electrons. The number of urea groups is 1. The average molecular weight is 248 g/mol. The lowest BCUT2D eigenvalue weighted by Crippen LogP contribution is -2.30. The fraction of sp³-hybridized carbons (Fsp3) is 0.538. The minimum absolute atomic E-state index is 0.221. The number of nitrogens with one attached hydrogen (secondary N) is 2. The first-order chi connectivity index (χ1) is 8.56. The van der Waals surface area contributed by atoms with Crippen LogP contribution in [-0.4, -0.2) is 22.4 Å². The molecule has 98 valence electrons. The second-order valence-electron chi connectivity index (χ2n) is 4.97. The Hall–Kier alpha value is -1.78. The first-order valence-corrected chi connectivity index (χ1v) is 6.29. The van der Waals surface area contributed by atoms with E-state index in [9.17, 15) is 4.79 Å². The normalized spacial score (nSPS) is 15.0. The van der Waals surface area contributed by atoms with E-state index < -0.39 is 0 Å². The van der Waals surface area contributed by atoms with Crippen LogP contribution in [0.5, 0.6) is 0 Å². The van der Waals surface area contributed by atoms with Crippen LogP contribution in [0.4, 0.5) is 10.6 Å². The van der Waals surface area contributed by atoms with E-state index in [4.69, 9.17) is 0 Å². The predicted molar refractivity (Wildman–Crippen MR) is 71.6 cm³/mol. The van der Waals surface area contributed by atoms with Crippen LogP contribution in [0, 0.1) is 0 Å². The molecule has 1 saturated carbocycles. The highest BCUT2D eigenvalue weighted by Crippen LogP contribution is 2.36. The molecule has 5 heteroatoms. The maximum absolute atomic E-state index is 11.6. The van der Waals surface area contributed by atoms with E-state index in [2.05, 4.69) is 22.3 Å². The van der Waals surface area contributed by atoms with Crippen molar-refractivity contribution in [3.8, 4) is 0 Å². The predicted octanol–water partition coefficient (Wildman–Crippen LogP) is 2.39. The number of anilines is 1. The molecule has 0 unspecified atom stereocenters. The topological polar surface area (TPSA) is 59.0 Å². The molecule has 2 N–H and O–H groups in total. The lowest BCUT2D eigenvalue weighted by Gasteiger charge is -2.22. The fourth-order valence-corrected chi connectivity index (χ4v) is 1.90. The molecule has 5 nitrogen and oxygen atoms in total. The maximum Gasteiger partial charge on any atom is 0.320 e. The van der Waals surface area contributed by atoms with E-state index in [0.29, 0.717) is 12.5 Å². The lowest BCUT2D eigenvalue weighted by atomic mass is 9.83. The highest BCUT2D eigenvalue weighted by atomic mass is 16.2. The third-order valence-corrected chi connectivity index (χ3v) is 3.21. The molecule has 0 saturated heterocycles. The van der Waals surface area contributed by atoms with Crippen LogP contribution in [0.1, 0.15) is 37.8 Å². The lowest BCUT2D eigenvalue weighted by molar-refractivity contribution is 0.252. The van der Waals surface area contributed by atoms with Crippen molar-refractivity contribution in [1.29, 1.82) is 0 Å². The Morgan fingerprint density at radius 3 is 2.89 bits per heavy atom. The summed E-state index contributed by atoms with van der Waals surface area (Å²) >= 11 is 0. The standard InChI is InChI=1S/C13H20N4O/c1-9(2)8-14-13(18)15-12-7-11(16-17(12)3)10-5-4-6-10/h7,10H,1,4-6,8H2,2-3H3,(H2,14,15,18). The van der Waals surface area contributed by atoms with Crippen molar-refractivity contribution in [3.05, 3.63) is 23.9 Å². The van der Waals surface area contributed by atoms with Crippen molar-refractivity contribution in [2.24, 2.45) is 7.05 Å². The summed E-state index contributed by atoms with van der Waals surface area (Å²) in [6, 6.07) is 1.74. The van der Waals surface area contributed by atoms with Gasteiger partial charge < -0.3 is 5.32 Å². The van der Waals surface area contributed by atoms with Crippen LogP contribution in [0.3, 0.4) is 0 Å². The number of nitrogens with zero attached hydrogens (tertiary/aromatic N) is 2. The Bertz CT molecular complexity index is 460. The molecule has 18 heavy (non-hydrogen) atoms. The molecule has 1 heterocycles. The Morgan fingerprint density at radius 1 is 1.61 bits per heavy atom. The number of rotatable bonds is 4. The van der Waals surface area contributed by atoms with Crippen LogP contribution in [0.2, 0.25) is 0 Å². The van der Waals surface area contributed by atoms with Crippen molar-refractivity contribution in [2.45, 2.75) is 32.1 Å². The molecule has 1 aliphatic carbocycles. The second kappa shape index (κ2) is 5.25. The molecule has 1 aliphatic rings. The van der Waals surface area contributed by atoms with Gasteiger partial charge in [0, 0.05) is 25.6 Å². The Labute approximate surface area is 107 Å². The summed E-state index contributed by atoms with van der Waals surface area (Å²) in [5.74, 6) is 1.31. The van der Waals surface area contributed by atoms with Crippen LogP contribution in [0.15, 0.2) is 18.2 Å². The monoisotopic (exact) mass is 248 g/mol. The molecule has 2 amide bonds. The van der Waals surface area contributed by atoms with Gasteiger partial charge >= 0.3 is 6.03 Å². The van der Waals surface area contributed by atoms with Gasteiger partial charge in [-0.05, 0) is 19.8 Å². The summed E-state index contributed by atoms with van der Waals surface area (Å²) in [6.07, 6.45) is 3.69. The molecular formula is C13H20N4O. The largest absolute Gasteiger partial charge is 0.334 e. The van der Waals surface area contributed by atoms with E-state index in [1.165, 1.54) is 19.3 Å². The van der Waals surface area contributed by atoms with Crippen LogP contribution >= 0.6 is 0 Å². The average Bonchev–Trinajstić information content (AvgIpc) is 2.54. The zero-order chi connectivity index (χ0) is 13.1. The van der Waals surface area contributed by atoms with Crippen LogP contribution in [-0.2, 0) is 7.05 Å². The number of amides is 2. The minimum Gasteiger partial charge on any atom is -0.334 e. The van der Waals surface area contributed by atoms with Gasteiger partial charge in [0.25, 0.3) is 0 Å². The van der Waals surface area contributed by atoms with Crippen molar-refractivity contribution in [3.63, 3.8) is 0 Å². The Morgan fingerprint density at radius 2 is 2.33 bits per heavy atom. The zero-order valence-corrected chi connectivity index (χ0v) is 11.0. The first kappa shape index (κ1) is 12.7. The zero-order valence-electron chi connectivity index (χ0n) is 11.0. The number of hydrogen-bond donors (Lipinski definition) is 2. The third-order valence-electron chi connectivity index (χ3n) is 3.21. The Balaban J connectivity index is 1.93. The van der Waals surface area contributed by atoms with Crippen LogP contribution in [0.25, 0.3) is 0 Å². The van der Waals surface area contributed by atoms with Crippen molar-refractivity contribution in [1.82, 2.24) is 15.1 Å². The third kappa shape index (κ3) is 2.91. The molecule has 1 aromatic heterocycles. The van der Waals surface area contributed by atoms with Crippen molar-refractivity contribution < 1.29 is 4.79 Å². The number of carbonyl (C=O) groups excluding carboxylic acids is 1. The van der Waals surface area contributed by atoms with Gasteiger partial charge in [-0.15, -0.1) is 0 Å². The molecule has 0 aliphatic heterocycles. The molecular weight excluding hydrogens is 228 g/mol. The molecule has 0 bridgehead atoms. The van der Waals surface area contributed by atoms with E-state index in [0.717, 1.165) is 17.1 Å². The summed E-state index contributed by atoms with van der Waals surface area (Å²) in [7, 11) is 1.84. The number of aromatic nitrogens is 2. The summed E-state index contributed by atoms with van der Waals surface area (Å²) in [5.41, 5.74) is 2.00. The van der Waals surface area contributed by atoms with Gasteiger partial charge in [0.1, 0.15) is 5.82 Å².